The predicted molar refractivity (Wildman–Crippen MR) is 115 cm³/mol. The van der Waals surface area contributed by atoms with Gasteiger partial charge in [0, 0.05) is 24.2 Å². The summed E-state index contributed by atoms with van der Waals surface area (Å²) in [4.78, 5) is 47.5. The molecule has 0 aliphatic carbocycles. The number of fused-ring (bicyclic) bond motifs is 2. The Hall–Kier alpha value is -4.27. The first-order valence-electron chi connectivity index (χ1n) is 10.0. The van der Waals surface area contributed by atoms with Gasteiger partial charge < -0.3 is 9.47 Å². The van der Waals surface area contributed by atoms with Crippen molar-refractivity contribution >= 4 is 16.8 Å². The van der Waals surface area contributed by atoms with Gasteiger partial charge in [-0.25, -0.2) is 9.78 Å². The minimum Gasteiger partial charge on any atom is -0.486 e. The van der Waals surface area contributed by atoms with Crippen LogP contribution in [0.25, 0.3) is 11.0 Å². The van der Waals surface area contributed by atoms with Crippen molar-refractivity contribution in [3.05, 3.63) is 93.0 Å². The van der Waals surface area contributed by atoms with E-state index in [-0.39, 0.29) is 24.4 Å². The average molecular weight is 430 g/mol. The number of aromatic nitrogens is 4. The van der Waals surface area contributed by atoms with Crippen molar-refractivity contribution in [1.82, 2.24) is 19.1 Å². The van der Waals surface area contributed by atoms with Crippen molar-refractivity contribution < 1.29 is 14.3 Å². The van der Waals surface area contributed by atoms with E-state index in [1.165, 1.54) is 10.8 Å². The molecule has 1 aromatic carbocycles. The molecule has 160 valence electrons. The molecule has 0 fully saturated rings. The summed E-state index contributed by atoms with van der Waals surface area (Å²) in [6.45, 7) is 0.622. The summed E-state index contributed by atoms with van der Waals surface area (Å²) in [6.07, 6.45) is 4.67. The average Bonchev–Trinajstić information content (AvgIpc) is 2.84. The van der Waals surface area contributed by atoms with Crippen LogP contribution < -0.4 is 20.7 Å². The summed E-state index contributed by atoms with van der Waals surface area (Å²) >= 11 is 0. The van der Waals surface area contributed by atoms with Crippen molar-refractivity contribution in [2.24, 2.45) is 0 Å². The summed E-state index contributed by atoms with van der Waals surface area (Å²) in [6, 6.07) is 11.6. The van der Waals surface area contributed by atoms with Gasteiger partial charge in [-0.1, -0.05) is 6.07 Å². The van der Waals surface area contributed by atoms with E-state index >= 15 is 0 Å². The Bertz CT molecular complexity index is 1440. The topological polar surface area (TPSA) is 105 Å². The first kappa shape index (κ1) is 19.7. The van der Waals surface area contributed by atoms with Gasteiger partial charge in [-0.2, -0.15) is 0 Å². The number of carbonyl (C=O) groups is 1. The number of ether oxygens (including phenoxy) is 2. The SMILES string of the molecule is O=C(Cn1c(=O)n(Cc2cccnc2)c(=O)c2ncccc21)c1ccc2c(c1)OCCO2. The second-order valence-electron chi connectivity index (χ2n) is 7.27. The fourth-order valence-electron chi connectivity index (χ4n) is 3.66. The lowest BCUT2D eigenvalue weighted by atomic mass is 10.1. The summed E-state index contributed by atoms with van der Waals surface area (Å²) in [5.41, 5.74) is 0.374. The van der Waals surface area contributed by atoms with Crippen LogP contribution in [0.5, 0.6) is 11.5 Å². The fourth-order valence-corrected chi connectivity index (χ4v) is 3.66. The minimum absolute atomic E-state index is 0.0240. The predicted octanol–water partition coefficient (Wildman–Crippen LogP) is 1.66. The van der Waals surface area contributed by atoms with Crippen LogP contribution in [0.3, 0.4) is 0 Å². The van der Waals surface area contributed by atoms with E-state index in [1.807, 2.05) is 0 Å². The molecule has 0 saturated carbocycles. The molecular formula is C23H18N4O5. The molecule has 0 amide bonds. The monoisotopic (exact) mass is 430 g/mol. The van der Waals surface area contributed by atoms with E-state index in [9.17, 15) is 14.4 Å². The maximum absolute atomic E-state index is 13.3. The van der Waals surface area contributed by atoms with Gasteiger partial charge in [-0.3, -0.25) is 23.7 Å². The van der Waals surface area contributed by atoms with Crippen molar-refractivity contribution in [1.29, 1.82) is 0 Å². The Morgan fingerprint density at radius 3 is 2.59 bits per heavy atom. The van der Waals surface area contributed by atoms with Gasteiger partial charge in [-0.05, 0) is 42.0 Å². The van der Waals surface area contributed by atoms with Gasteiger partial charge in [0.1, 0.15) is 13.2 Å². The molecule has 0 spiro atoms. The van der Waals surface area contributed by atoms with Crippen molar-refractivity contribution in [3.63, 3.8) is 0 Å². The lowest BCUT2D eigenvalue weighted by Crippen LogP contribution is -2.41. The van der Waals surface area contributed by atoms with Crippen LogP contribution >= 0.6 is 0 Å². The van der Waals surface area contributed by atoms with Crippen molar-refractivity contribution in [3.8, 4) is 11.5 Å². The normalized spacial score (nSPS) is 12.6. The molecule has 9 heteroatoms. The third-order valence-corrected chi connectivity index (χ3v) is 5.22. The molecule has 1 aliphatic rings. The quantitative estimate of drug-likeness (QED) is 0.443. The Balaban J connectivity index is 1.58. The summed E-state index contributed by atoms with van der Waals surface area (Å²) in [5, 5.41) is 0. The molecule has 0 atom stereocenters. The molecule has 3 aromatic heterocycles. The van der Waals surface area contributed by atoms with Crippen molar-refractivity contribution in [2.45, 2.75) is 13.1 Å². The molecule has 4 heterocycles. The molecule has 0 radical (unpaired) electrons. The largest absolute Gasteiger partial charge is 0.486 e. The van der Waals surface area contributed by atoms with Crippen LogP contribution in [0, 0.1) is 0 Å². The lowest BCUT2D eigenvalue weighted by molar-refractivity contribution is 0.0970. The first-order chi connectivity index (χ1) is 15.6. The number of rotatable bonds is 5. The second-order valence-corrected chi connectivity index (χ2v) is 7.27. The molecule has 1 aliphatic heterocycles. The van der Waals surface area contributed by atoms with Gasteiger partial charge in [0.2, 0.25) is 0 Å². The Morgan fingerprint density at radius 2 is 1.78 bits per heavy atom. The number of nitrogens with zero attached hydrogens (tertiary/aromatic N) is 4. The third kappa shape index (κ3) is 3.53. The van der Waals surface area contributed by atoms with Crippen LogP contribution in [-0.2, 0) is 13.1 Å². The standard InChI is InChI=1S/C23H18N4O5/c28-18(16-5-6-19-20(11-16)32-10-9-31-19)14-26-17-4-2-8-25-21(17)22(29)27(23(26)30)13-15-3-1-7-24-12-15/h1-8,11-12H,9-10,13-14H2. The number of Topliss-reactive ketones (excluding diaryl/α,β-unsaturated/α-hetero) is 1. The maximum Gasteiger partial charge on any atom is 0.332 e. The van der Waals surface area contributed by atoms with E-state index in [2.05, 4.69) is 9.97 Å². The fraction of sp³-hybridized carbons (Fsp3) is 0.174. The van der Waals surface area contributed by atoms with E-state index in [0.717, 1.165) is 4.57 Å². The molecule has 0 bridgehead atoms. The van der Waals surface area contributed by atoms with Crippen LogP contribution in [0.2, 0.25) is 0 Å². The zero-order valence-electron chi connectivity index (χ0n) is 16.9. The third-order valence-electron chi connectivity index (χ3n) is 5.22. The number of carbonyl (C=O) groups excluding carboxylic acids is 1. The highest BCUT2D eigenvalue weighted by Crippen LogP contribution is 2.31. The Morgan fingerprint density at radius 1 is 0.969 bits per heavy atom. The van der Waals surface area contributed by atoms with Gasteiger partial charge in [0.25, 0.3) is 5.56 Å². The van der Waals surface area contributed by atoms with Gasteiger partial charge in [0.15, 0.2) is 22.8 Å². The summed E-state index contributed by atoms with van der Waals surface area (Å²) in [5.74, 6) is 0.757. The van der Waals surface area contributed by atoms with Crippen LogP contribution in [-0.4, -0.2) is 38.1 Å². The van der Waals surface area contributed by atoms with Crippen LogP contribution in [0.15, 0.2) is 70.6 Å². The number of hydrogen-bond acceptors (Lipinski definition) is 7. The lowest BCUT2D eigenvalue weighted by Gasteiger charge is -2.19. The van der Waals surface area contributed by atoms with E-state index < -0.39 is 11.2 Å². The highest BCUT2D eigenvalue weighted by atomic mass is 16.6. The molecule has 9 nitrogen and oxygen atoms in total. The molecule has 0 saturated heterocycles. The van der Waals surface area contributed by atoms with Crippen LogP contribution in [0.1, 0.15) is 15.9 Å². The summed E-state index contributed by atoms with van der Waals surface area (Å²) < 4.78 is 13.4. The smallest absolute Gasteiger partial charge is 0.332 e. The first-order valence-corrected chi connectivity index (χ1v) is 10.0. The zero-order valence-corrected chi connectivity index (χ0v) is 16.9. The molecule has 0 unspecified atom stereocenters. The highest BCUT2D eigenvalue weighted by molar-refractivity contribution is 5.97. The number of benzene rings is 1. The number of pyridine rings is 2. The second kappa shape index (κ2) is 8.10. The van der Waals surface area contributed by atoms with E-state index in [4.69, 9.17) is 9.47 Å². The highest BCUT2D eigenvalue weighted by Gasteiger charge is 2.19. The van der Waals surface area contributed by atoms with Crippen LogP contribution in [0.4, 0.5) is 0 Å². The minimum atomic E-state index is -0.592. The van der Waals surface area contributed by atoms with Crippen molar-refractivity contribution in [2.75, 3.05) is 13.2 Å². The molecule has 4 aromatic rings. The molecule has 32 heavy (non-hydrogen) atoms. The van der Waals surface area contributed by atoms with Gasteiger partial charge in [0.05, 0.1) is 18.6 Å². The van der Waals surface area contributed by atoms with Gasteiger partial charge in [-0.15, -0.1) is 0 Å². The van der Waals surface area contributed by atoms with E-state index in [1.54, 1.807) is 54.9 Å². The van der Waals surface area contributed by atoms with E-state index in [0.29, 0.717) is 41.4 Å². The molecule has 0 N–H and O–H groups in total. The maximum atomic E-state index is 13.3. The summed E-state index contributed by atoms with van der Waals surface area (Å²) in [7, 11) is 0. The Labute approximate surface area is 181 Å². The number of ketones is 1. The molecular weight excluding hydrogens is 412 g/mol. The Kier molecular flexibility index (Phi) is 4.98. The zero-order chi connectivity index (χ0) is 22.1. The number of hydrogen-bond donors (Lipinski definition) is 0. The molecule has 5 rings (SSSR count). The van der Waals surface area contributed by atoms with Gasteiger partial charge >= 0.3 is 5.69 Å².